The minimum absolute atomic E-state index is 0.239. The number of anilines is 2. The number of nitrogens with two attached hydrogens (primary N) is 1. The molecule has 3 heterocycles. The first kappa shape index (κ1) is 25.1. The molecule has 0 saturated carbocycles. The van der Waals surface area contributed by atoms with E-state index in [0.29, 0.717) is 17.0 Å². The summed E-state index contributed by atoms with van der Waals surface area (Å²) in [6, 6.07) is 9.27. The van der Waals surface area contributed by atoms with Crippen LogP contribution in [0.1, 0.15) is 44.2 Å². The van der Waals surface area contributed by atoms with Gasteiger partial charge in [0.1, 0.15) is 5.82 Å². The average Bonchev–Trinajstić information content (AvgIpc) is 2.87. The van der Waals surface area contributed by atoms with Crippen LogP contribution in [-0.4, -0.2) is 28.0 Å². The van der Waals surface area contributed by atoms with Gasteiger partial charge in [-0.2, -0.15) is 0 Å². The molecule has 3 N–H and O–H groups in total. The van der Waals surface area contributed by atoms with Crippen molar-refractivity contribution in [3.63, 3.8) is 0 Å². The normalized spacial score (nSPS) is 13.5. The van der Waals surface area contributed by atoms with Crippen molar-refractivity contribution in [3.05, 3.63) is 90.9 Å². The summed E-state index contributed by atoms with van der Waals surface area (Å²) in [7, 11) is 0. The van der Waals surface area contributed by atoms with Gasteiger partial charge in [-0.15, -0.1) is 0 Å². The Hall–Kier alpha value is -3.51. The zero-order valence-corrected chi connectivity index (χ0v) is 20.1. The van der Waals surface area contributed by atoms with E-state index in [1.807, 2.05) is 44.4 Å². The minimum atomic E-state index is -0.410. The van der Waals surface area contributed by atoms with Gasteiger partial charge in [0.25, 0.3) is 0 Å². The predicted molar refractivity (Wildman–Crippen MR) is 141 cm³/mol. The van der Waals surface area contributed by atoms with Gasteiger partial charge in [0.15, 0.2) is 0 Å². The minimum Gasteiger partial charge on any atom is -0.398 e. The van der Waals surface area contributed by atoms with Crippen LogP contribution < -0.4 is 11.1 Å². The number of halogens is 1. The molecule has 6 heteroatoms. The summed E-state index contributed by atoms with van der Waals surface area (Å²) in [6.45, 7) is 15.3. The molecular weight excluding hydrogens is 425 g/mol. The molecule has 0 atom stereocenters. The molecule has 1 fully saturated rings. The molecule has 1 aromatic carbocycles. The van der Waals surface area contributed by atoms with Gasteiger partial charge in [-0.25, -0.2) is 4.39 Å². The highest BCUT2D eigenvalue weighted by Gasteiger charge is 2.13. The molecule has 178 valence electrons. The van der Waals surface area contributed by atoms with Crippen molar-refractivity contribution in [2.75, 3.05) is 24.1 Å². The van der Waals surface area contributed by atoms with Gasteiger partial charge in [-0.1, -0.05) is 39.5 Å². The zero-order chi connectivity index (χ0) is 24.5. The molecular formula is C28H34FN5. The fourth-order valence-corrected chi connectivity index (χ4v) is 3.97. The summed E-state index contributed by atoms with van der Waals surface area (Å²) in [5.74, 6) is -0.410. The molecule has 0 radical (unpaired) electrons. The van der Waals surface area contributed by atoms with Crippen LogP contribution in [0.2, 0.25) is 0 Å². The van der Waals surface area contributed by atoms with Gasteiger partial charge in [0, 0.05) is 47.6 Å². The standard InChI is InChI=1S/C26H28FN5.C2H6/c1-18(19(2)31-26-16-29-9-8-24(26)27)23-13-21(6-7-25(23)28)22-12-20(14-30-15-22)17-32-10-4-3-5-11-32;1-2/h6-9,12-16,31H,1-5,10-11,17,28H2;1-2H3. The molecule has 2 aromatic heterocycles. The molecule has 0 bridgehead atoms. The Kier molecular flexibility index (Phi) is 8.93. The van der Waals surface area contributed by atoms with Crippen molar-refractivity contribution in [1.82, 2.24) is 14.9 Å². The van der Waals surface area contributed by atoms with Crippen LogP contribution in [0.25, 0.3) is 16.7 Å². The maximum Gasteiger partial charge on any atom is 0.149 e. The number of rotatable bonds is 7. The van der Waals surface area contributed by atoms with Crippen molar-refractivity contribution in [2.45, 2.75) is 39.7 Å². The molecule has 1 aliphatic rings. The number of benzene rings is 1. The van der Waals surface area contributed by atoms with Crippen molar-refractivity contribution < 1.29 is 4.39 Å². The molecule has 3 aromatic rings. The van der Waals surface area contributed by atoms with E-state index in [1.165, 1.54) is 43.3 Å². The molecule has 0 amide bonds. The van der Waals surface area contributed by atoms with E-state index in [0.717, 1.165) is 36.3 Å². The summed E-state index contributed by atoms with van der Waals surface area (Å²) in [6.07, 6.45) is 10.4. The third-order valence-electron chi connectivity index (χ3n) is 5.78. The molecule has 4 rings (SSSR count). The second-order valence-electron chi connectivity index (χ2n) is 8.16. The SMILES string of the molecule is C=C(Nc1cnccc1F)C(=C)c1cc(-c2cncc(CN3CCCCC3)c2)ccc1N.CC. The van der Waals surface area contributed by atoms with Crippen LogP contribution >= 0.6 is 0 Å². The van der Waals surface area contributed by atoms with Gasteiger partial charge in [0.05, 0.1) is 11.9 Å². The number of pyridine rings is 2. The smallest absolute Gasteiger partial charge is 0.149 e. The van der Waals surface area contributed by atoms with Crippen LogP contribution in [0.3, 0.4) is 0 Å². The maximum absolute atomic E-state index is 14.0. The number of likely N-dealkylation sites (tertiary alicyclic amines) is 1. The highest BCUT2D eigenvalue weighted by Crippen LogP contribution is 2.31. The highest BCUT2D eigenvalue weighted by molar-refractivity contribution is 5.87. The number of nitrogens with one attached hydrogen (secondary N) is 1. The van der Waals surface area contributed by atoms with E-state index >= 15 is 0 Å². The zero-order valence-electron chi connectivity index (χ0n) is 20.1. The third-order valence-corrected chi connectivity index (χ3v) is 5.78. The fraction of sp³-hybridized carbons (Fsp3) is 0.286. The first-order valence-corrected chi connectivity index (χ1v) is 11.8. The van der Waals surface area contributed by atoms with Crippen molar-refractivity contribution in [3.8, 4) is 11.1 Å². The average molecular weight is 460 g/mol. The van der Waals surface area contributed by atoms with Crippen LogP contribution in [0.4, 0.5) is 15.8 Å². The van der Waals surface area contributed by atoms with Crippen LogP contribution in [0, 0.1) is 5.82 Å². The van der Waals surface area contributed by atoms with Gasteiger partial charge in [-0.3, -0.25) is 14.9 Å². The first-order chi connectivity index (χ1) is 16.5. The number of hydrogen-bond donors (Lipinski definition) is 2. The predicted octanol–water partition coefficient (Wildman–Crippen LogP) is 6.52. The first-order valence-electron chi connectivity index (χ1n) is 11.8. The molecule has 0 unspecified atom stereocenters. The second-order valence-corrected chi connectivity index (χ2v) is 8.16. The van der Waals surface area contributed by atoms with E-state index in [1.54, 1.807) is 0 Å². The van der Waals surface area contributed by atoms with E-state index in [-0.39, 0.29) is 5.69 Å². The number of piperidine rings is 1. The number of aromatic nitrogens is 2. The Balaban J connectivity index is 0.00000158. The number of nitrogens with zero attached hydrogens (tertiary/aromatic N) is 3. The topological polar surface area (TPSA) is 67.1 Å². The van der Waals surface area contributed by atoms with E-state index in [9.17, 15) is 4.39 Å². The van der Waals surface area contributed by atoms with E-state index in [2.05, 4.69) is 39.4 Å². The monoisotopic (exact) mass is 459 g/mol. The Morgan fingerprint density at radius 3 is 2.50 bits per heavy atom. The molecule has 1 saturated heterocycles. The quantitative estimate of drug-likeness (QED) is 0.311. The molecule has 34 heavy (non-hydrogen) atoms. The number of allylic oxidation sites excluding steroid dienone is 1. The largest absolute Gasteiger partial charge is 0.398 e. The second kappa shape index (κ2) is 12.1. The summed E-state index contributed by atoms with van der Waals surface area (Å²) >= 11 is 0. The van der Waals surface area contributed by atoms with Gasteiger partial charge in [-0.05, 0) is 66.9 Å². The third kappa shape index (κ3) is 6.29. The lowest BCUT2D eigenvalue weighted by atomic mass is 9.97. The fourth-order valence-electron chi connectivity index (χ4n) is 3.97. The van der Waals surface area contributed by atoms with Crippen LogP contribution in [0.15, 0.2) is 74.0 Å². The highest BCUT2D eigenvalue weighted by atomic mass is 19.1. The lowest BCUT2D eigenvalue weighted by Crippen LogP contribution is -2.29. The van der Waals surface area contributed by atoms with Gasteiger partial charge >= 0.3 is 0 Å². The Morgan fingerprint density at radius 2 is 1.76 bits per heavy atom. The maximum atomic E-state index is 14.0. The lowest BCUT2D eigenvalue weighted by Gasteiger charge is -2.26. The van der Waals surface area contributed by atoms with Crippen molar-refractivity contribution in [2.24, 2.45) is 0 Å². The summed E-state index contributed by atoms with van der Waals surface area (Å²) < 4.78 is 14.0. The molecule has 5 nitrogen and oxygen atoms in total. The van der Waals surface area contributed by atoms with Crippen LogP contribution in [0.5, 0.6) is 0 Å². The molecule has 0 spiro atoms. The van der Waals surface area contributed by atoms with Crippen molar-refractivity contribution in [1.29, 1.82) is 0 Å². The Bertz CT molecular complexity index is 1140. The lowest BCUT2D eigenvalue weighted by molar-refractivity contribution is 0.220. The Morgan fingerprint density at radius 1 is 1.00 bits per heavy atom. The summed E-state index contributed by atoms with van der Waals surface area (Å²) in [4.78, 5) is 10.9. The number of nitrogen functional groups attached to an aromatic ring is 1. The van der Waals surface area contributed by atoms with E-state index in [4.69, 9.17) is 5.73 Å². The Labute approximate surface area is 202 Å². The summed E-state index contributed by atoms with van der Waals surface area (Å²) in [5, 5.41) is 2.94. The van der Waals surface area contributed by atoms with Crippen LogP contribution in [-0.2, 0) is 6.54 Å². The van der Waals surface area contributed by atoms with Gasteiger partial charge < -0.3 is 11.1 Å². The van der Waals surface area contributed by atoms with Crippen molar-refractivity contribution >= 4 is 16.9 Å². The number of hydrogen-bond acceptors (Lipinski definition) is 5. The van der Waals surface area contributed by atoms with E-state index < -0.39 is 5.82 Å². The molecule has 0 aliphatic carbocycles. The van der Waals surface area contributed by atoms with Gasteiger partial charge in [0.2, 0.25) is 0 Å². The molecule has 1 aliphatic heterocycles. The summed E-state index contributed by atoms with van der Waals surface area (Å²) in [5.41, 5.74) is 12.0.